The standard InChI is InChI=1S/C53H88O18P2/c1-3-5-7-8-9-10-11-12-13-14-15-16-17-18-19-20-21-25-33-39-46(56)67-41-45(42-68-73(65,66)71-53-50(60)48(58)49(59)52(51(53)61)70-72(62,63)64)69-47(57)40-34-26-23-22-24-30-36-44(55)38-32-28-27-31-37-43(54)35-29-6-4-2/h6,9-10,12-13,23-24,26-32,37-38,43-45,48-55,58-61H,3-5,7-8,11,14-22,25,33-36,39-42H2,1-2H3,(H,65,66)(H2,62,63,64)/b10-9-,13-12-,26-23-,28-27-,29-6-,30-24-,37-31+,38-32+/t43-,44+,45+,48?,49?,50?,51?,52+,53-/m0/s1. The largest absolute Gasteiger partial charge is 0.472 e. The first-order valence-corrected chi connectivity index (χ1v) is 29.0. The first-order valence-electron chi connectivity index (χ1n) is 26.0. The Labute approximate surface area is 433 Å². The Morgan fingerprint density at radius 2 is 1.01 bits per heavy atom. The molecule has 10 atom stereocenters. The first kappa shape index (κ1) is 67.9. The fourth-order valence-corrected chi connectivity index (χ4v) is 8.80. The lowest BCUT2D eigenvalue weighted by atomic mass is 9.85. The number of phosphoric ester groups is 2. The third kappa shape index (κ3) is 36.5. The van der Waals surface area contributed by atoms with Crippen LogP contribution in [0.4, 0.5) is 0 Å². The molecule has 18 nitrogen and oxygen atoms in total. The maximum atomic E-state index is 13.0. The first-order chi connectivity index (χ1) is 34.9. The zero-order chi connectivity index (χ0) is 54.2. The van der Waals surface area contributed by atoms with E-state index in [0.29, 0.717) is 25.7 Å². The molecule has 418 valence electrons. The van der Waals surface area contributed by atoms with Crippen LogP contribution in [0.15, 0.2) is 97.2 Å². The lowest BCUT2D eigenvalue weighted by Gasteiger charge is -2.43. The van der Waals surface area contributed by atoms with Gasteiger partial charge in [0, 0.05) is 12.8 Å². The predicted octanol–water partition coefficient (Wildman–Crippen LogP) is 8.67. The summed E-state index contributed by atoms with van der Waals surface area (Å²) < 4.78 is 49.3. The lowest BCUT2D eigenvalue weighted by molar-refractivity contribution is -0.216. The number of phosphoric acid groups is 2. The van der Waals surface area contributed by atoms with Crippen LogP contribution in [-0.4, -0.2) is 125 Å². The van der Waals surface area contributed by atoms with Crippen LogP contribution in [0.3, 0.4) is 0 Å². The second-order valence-corrected chi connectivity index (χ2v) is 20.5. The van der Waals surface area contributed by atoms with Crippen LogP contribution in [0, 0.1) is 0 Å². The number of carbonyl (C=O) groups excluding carboxylic acids is 2. The van der Waals surface area contributed by atoms with Gasteiger partial charge in [-0.05, 0) is 70.6 Å². The van der Waals surface area contributed by atoms with E-state index in [1.165, 1.54) is 38.5 Å². The molecule has 0 amide bonds. The minimum Gasteiger partial charge on any atom is -0.462 e. The smallest absolute Gasteiger partial charge is 0.462 e. The molecule has 20 heteroatoms. The molecule has 1 aliphatic carbocycles. The second-order valence-electron chi connectivity index (χ2n) is 17.9. The van der Waals surface area contributed by atoms with Gasteiger partial charge in [0.15, 0.2) is 6.10 Å². The molecule has 0 aromatic rings. The summed E-state index contributed by atoms with van der Waals surface area (Å²) in [7, 11) is -10.8. The summed E-state index contributed by atoms with van der Waals surface area (Å²) in [5.41, 5.74) is 0. The van der Waals surface area contributed by atoms with Crippen molar-refractivity contribution in [2.24, 2.45) is 0 Å². The molecule has 9 N–H and O–H groups in total. The zero-order valence-corrected chi connectivity index (χ0v) is 44.8. The number of allylic oxidation sites excluding steroid dienone is 12. The van der Waals surface area contributed by atoms with Gasteiger partial charge in [0.2, 0.25) is 0 Å². The minimum absolute atomic E-state index is 0.0725. The Kier molecular flexibility index (Phi) is 39.1. The van der Waals surface area contributed by atoms with Crippen molar-refractivity contribution in [1.82, 2.24) is 0 Å². The number of aliphatic hydroxyl groups excluding tert-OH is 6. The molecule has 0 aliphatic heterocycles. The van der Waals surface area contributed by atoms with Crippen molar-refractivity contribution in [3.63, 3.8) is 0 Å². The van der Waals surface area contributed by atoms with Gasteiger partial charge >= 0.3 is 27.6 Å². The van der Waals surface area contributed by atoms with Gasteiger partial charge in [-0.3, -0.25) is 23.2 Å². The Bertz CT molecular complexity index is 1810. The number of aliphatic hydroxyl groups is 6. The topological polar surface area (TPSA) is 296 Å². The highest BCUT2D eigenvalue weighted by Crippen LogP contribution is 2.49. The summed E-state index contributed by atoms with van der Waals surface area (Å²) in [5.74, 6) is -1.38. The highest BCUT2D eigenvalue weighted by molar-refractivity contribution is 7.47. The van der Waals surface area contributed by atoms with Crippen molar-refractivity contribution < 1.29 is 87.1 Å². The summed E-state index contributed by atoms with van der Waals surface area (Å²) in [6.45, 7) is 2.76. The Morgan fingerprint density at radius 1 is 0.521 bits per heavy atom. The van der Waals surface area contributed by atoms with E-state index in [0.717, 1.165) is 57.8 Å². The fourth-order valence-electron chi connectivity index (χ4n) is 7.26. The molecule has 0 aromatic heterocycles. The van der Waals surface area contributed by atoms with Crippen LogP contribution >= 0.6 is 15.6 Å². The minimum atomic E-state index is -5.40. The van der Waals surface area contributed by atoms with Crippen molar-refractivity contribution in [2.75, 3.05) is 13.2 Å². The van der Waals surface area contributed by atoms with E-state index in [2.05, 4.69) is 35.8 Å². The molecule has 1 aliphatic rings. The molecule has 0 spiro atoms. The van der Waals surface area contributed by atoms with E-state index in [1.807, 2.05) is 31.2 Å². The highest BCUT2D eigenvalue weighted by atomic mass is 31.2. The van der Waals surface area contributed by atoms with Gasteiger partial charge in [0.25, 0.3) is 0 Å². The molecule has 0 heterocycles. The third-order valence-corrected chi connectivity index (χ3v) is 12.8. The zero-order valence-electron chi connectivity index (χ0n) is 43.0. The number of unbranched alkanes of at least 4 members (excludes halogenated alkanes) is 12. The molecule has 5 unspecified atom stereocenters. The summed E-state index contributed by atoms with van der Waals surface area (Å²) in [6, 6.07) is 0. The molecule has 1 rings (SSSR count). The SMILES string of the molecule is CC/C=C\C[C@H](O)/C=C/C=C\C=C\[C@H](O)C/C=C\C/C=C\CCC(=O)O[C@H](COC(=O)CCCCCCCCCCC/C=C\C/C=C\CCCCC)COP(=O)(O)O[C@H]1C(O)C(O)C(O)[C@@H](OP(=O)(O)O)C1O. The van der Waals surface area contributed by atoms with Crippen molar-refractivity contribution in [3.05, 3.63) is 97.2 Å². The normalized spacial score (nSPS) is 22.3. The van der Waals surface area contributed by atoms with Crippen LogP contribution < -0.4 is 0 Å². The summed E-state index contributed by atoms with van der Waals surface area (Å²) >= 11 is 0. The molecule has 0 aromatic carbocycles. The van der Waals surface area contributed by atoms with E-state index in [1.54, 1.807) is 48.6 Å². The quantitative estimate of drug-likeness (QED) is 0.00908. The molecule has 0 bridgehead atoms. The molecule has 1 fully saturated rings. The predicted molar refractivity (Wildman–Crippen MR) is 280 cm³/mol. The van der Waals surface area contributed by atoms with Gasteiger partial charge in [0.05, 0.1) is 18.8 Å². The molecule has 73 heavy (non-hydrogen) atoms. The molecular weight excluding hydrogens is 987 g/mol. The summed E-state index contributed by atoms with van der Waals surface area (Å²) in [6.07, 6.45) is 32.7. The van der Waals surface area contributed by atoms with Crippen molar-refractivity contribution >= 4 is 27.6 Å². The highest BCUT2D eigenvalue weighted by Gasteiger charge is 2.54. The number of esters is 2. The van der Waals surface area contributed by atoms with Gasteiger partial charge in [-0.1, -0.05) is 169 Å². The van der Waals surface area contributed by atoms with Crippen LogP contribution in [0.5, 0.6) is 0 Å². The second kappa shape index (κ2) is 42.0. The van der Waals surface area contributed by atoms with E-state index in [4.69, 9.17) is 18.5 Å². The average molecular weight is 1080 g/mol. The molecule has 1 saturated carbocycles. The van der Waals surface area contributed by atoms with Crippen LogP contribution in [0.2, 0.25) is 0 Å². The molecular formula is C53H88O18P2. The molecule has 0 saturated heterocycles. The summed E-state index contributed by atoms with van der Waals surface area (Å²) in [5, 5.41) is 61.4. The van der Waals surface area contributed by atoms with Crippen molar-refractivity contribution in [1.29, 1.82) is 0 Å². The van der Waals surface area contributed by atoms with Gasteiger partial charge in [0.1, 0.15) is 43.2 Å². The van der Waals surface area contributed by atoms with Crippen LogP contribution in [-0.2, 0) is 41.8 Å². The number of carbonyl (C=O) groups is 2. The Morgan fingerprint density at radius 3 is 1.56 bits per heavy atom. The maximum Gasteiger partial charge on any atom is 0.472 e. The third-order valence-electron chi connectivity index (χ3n) is 11.3. The molecule has 0 radical (unpaired) electrons. The van der Waals surface area contributed by atoms with Crippen LogP contribution in [0.25, 0.3) is 0 Å². The van der Waals surface area contributed by atoms with E-state index in [-0.39, 0.29) is 19.3 Å². The van der Waals surface area contributed by atoms with E-state index in [9.17, 15) is 64.0 Å². The lowest BCUT2D eigenvalue weighted by Crippen LogP contribution is -2.64. The van der Waals surface area contributed by atoms with Gasteiger partial charge in [-0.15, -0.1) is 0 Å². The monoisotopic (exact) mass is 1070 g/mol. The average Bonchev–Trinajstić information content (AvgIpc) is 3.34. The van der Waals surface area contributed by atoms with Gasteiger partial charge in [-0.25, -0.2) is 9.13 Å². The van der Waals surface area contributed by atoms with Crippen molar-refractivity contribution in [3.8, 4) is 0 Å². The van der Waals surface area contributed by atoms with Gasteiger partial charge in [-0.2, -0.15) is 0 Å². The number of rotatable bonds is 42. The van der Waals surface area contributed by atoms with E-state index < -0.39 is 95.7 Å². The number of hydrogen-bond acceptors (Lipinski definition) is 15. The van der Waals surface area contributed by atoms with Crippen molar-refractivity contribution in [2.45, 2.75) is 210 Å². The van der Waals surface area contributed by atoms with Crippen LogP contribution in [0.1, 0.15) is 155 Å². The fraction of sp³-hybridized carbons (Fsp3) is 0.660. The Balaban J connectivity index is 2.64. The summed E-state index contributed by atoms with van der Waals surface area (Å²) in [4.78, 5) is 54.4. The van der Waals surface area contributed by atoms with E-state index >= 15 is 0 Å². The maximum absolute atomic E-state index is 13.0. The Hall–Kier alpha value is -3.16. The number of hydrogen-bond donors (Lipinski definition) is 9. The number of ether oxygens (including phenoxy) is 2. The van der Waals surface area contributed by atoms with Gasteiger partial charge < -0.3 is 54.8 Å².